The minimum absolute atomic E-state index is 0.0412. The van der Waals surface area contributed by atoms with Crippen LogP contribution in [0, 0.1) is 5.41 Å². The van der Waals surface area contributed by atoms with Crippen LogP contribution in [0.5, 0.6) is 17.2 Å². The fraction of sp³-hybridized carbons (Fsp3) is 0.240. The Balaban J connectivity index is 1.63. The van der Waals surface area contributed by atoms with Crippen LogP contribution < -0.4 is 13.7 Å². The molecule has 0 heterocycles. The van der Waals surface area contributed by atoms with Crippen molar-refractivity contribution in [2.24, 2.45) is 0 Å². The Morgan fingerprint density at radius 1 is 0.909 bits per heavy atom. The summed E-state index contributed by atoms with van der Waals surface area (Å²) in [6.07, 6.45) is 1.85. The van der Waals surface area contributed by atoms with Gasteiger partial charge in [-0.15, -0.1) is 0 Å². The van der Waals surface area contributed by atoms with Gasteiger partial charge in [-0.05, 0) is 59.9 Å². The van der Waals surface area contributed by atoms with Gasteiger partial charge in [-0.25, -0.2) is 0 Å². The van der Waals surface area contributed by atoms with Gasteiger partial charge < -0.3 is 19.1 Å². The van der Waals surface area contributed by atoms with E-state index >= 15 is 0 Å². The van der Waals surface area contributed by atoms with Crippen LogP contribution >= 0.6 is 0 Å². The van der Waals surface area contributed by atoms with E-state index in [9.17, 15) is 8.42 Å². The molecule has 0 atom stereocenters. The molecule has 0 saturated carbocycles. The van der Waals surface area contributed by atoms with Gasteiger partial charge in [0.05, 0.1) is 0 Å². The van der Waals surface area contributed by atoms with Crippen molar-refractivity contribution >= 4 is 16.1 Å². The zero-order chi connectivity index (χ0) is 23.8. The maximum atomic E-state index is 10.8. The molecule has 3 rings (SSSR count). The van der Waals surface area contributed by atoms with Crippen molar-refractivity contribution in [1.82, 2.24) is 0 Å². The summed E-state index contributed by atoms with van der Waals surface area (Å²) < 4.78 is 46.4. The number of aryl methyl sites for hydroxylation is 1. The van der Waals surface area contributed by atoms with Crippen LogP contribution in [0.25, 0.3) is 11.1 Å². The Morgan fingerprint density at radius 2 is 1.58 bits per heavy atom. The lowest BCUT2D eigenvalue weighted by molar-refractivity contribution is 0.215. The van der Waals surface area contributed by atoms with Crippen molar-refractivity contribution in [1.29, 1.82) is 5.41 Å². The first-order valence-corrected chi connectivity index (χ1v) is 11.9. The summed E-state index contributed by atoms with van der Waals surface area (Å²) in [5.74, 6) is 1.15. The number of rotatable bonds is 11. The third kappa shape index (κ3) is 7.34. The molecule has 0 aliphatic heterocycles. The van der Waals surface area contributed by atoms with E-state index in [0.29, 0.717) is 18.1 Å². The summed E-state index contributed by atoms with van der Waals surface area (Å²) in [6.45, 7) is 4.43. The standard InChI is InChI=1S/C25H27NO6S/c1-3-5-22-16-21(20-10-8-19(9-11-20)18(2)26)12-13-25(22)31-15-14-30-23-6-4-7-24(17-23)32-33(27,28)29/h4,6-13,16-17,26H,3,5,14-15H2,1-2H3,(H,27,28,29). The maximum absolute atomic E-state index is 10.8. The van der Waals surface area contributed by atoms with Gasteiger partial charge >= 0.3 is 10.4 Å². The van der Waals surface area contributed by atoms with Gasteiger partial charge in [-0.1, -0.05) is 49.7 Å². The van der Waals surface area contributed by atoms with Crippen LogP contribution in [-0.2, 0) is 16.8 Å². The Hall–Kier alpha value is -3.36. The molecule has 0 fully saturated rings. The molecule has 0 aromatic heterocycles. The van der Waals surface area contributed by atoms with Crippen LogP contribution in [0.15, 0.2) is 66.7 Å². The van der Waals surface area contributed by atoms with E-state index in [2.05, 4.69) is 17.2 Å². The van der Waals surface area contributed by atoms with E-state index in [1.165, 1.54) is 12.1 Å². The van der Waals surface area contributed by atoms with Crippen molar-refractivity contribution in [3.63, 3.8) is 0 Å². The largest absolute Gasteiger partial charge is 0.490 e. The van der Waals surface area contributed by atoms with Gasteiger partial charge in [0, 0.05) is 11.8 Å². The van der Waals surface area contributed by atoms with Crippen molar-refractivity contribution in [3.05, 3.63) is 77.9 Å². The molecule has 8 heteroatoms. The molecular weight excluding hydrogens is 442 g/mol. The fourth-order valence-electron chi connectivity index (χ4n) is 3.33. The molecule has 0 unspecified atom stereocenters. The summed E-state index contributed by atoms with van der Waals surface area (Å²) in [5, 5.41) is 7.74. The zero-order valence-electron chi connectivity index (χ0n) is 18.6. The number of benzene rings is 3. The third-order valence-corrected chi connectivity index (χ3v) is 5.25. The molecule has 0 spiro atoms. The van der Waals surface area contributed by atoms with E-state index in [-0.39, 0.29) is 12.4 Å². The molecule has 0 saturated heterocycles. The molecule has 2 N–H and O–H groups in total. The van der Waals surface area contributed by atoms with E-state index < -0.39 is 10.4 Å². The lowest BCUT2D eigenvalue weighted by Gasteiger charge is -2.14. The van der Waals surface area contributed by atoms with Crippen molar-refractivity contribution < 1.29 is 26.6 Å². The van der Waals surface area contributed by atoms with Gasteiger partial charge in [0.15, 0.2) is 0 Å². The highest BCUT2D eigenvalue weighted by Gasteiger charge is 2.09. The Morgan fingerprint density at radius 3 is 2.24 bits per heavy atom. The van der Waals surface area contributed by atoms with Gasteiger partial charge in [0.25, 0.3) is 0 Å². The third-order valence-electron chi connectivity index (χ3n) is 4.85. The lowest BCUT2D eigenvalue weighted by Crippen LogP contribution is -2.10. The monoisotopic (exact) mass is 469 g/mol. The lowest BCUT2D eigenvalue weighted by atomic mass is 9.98. The zero-order valence-corrected chi connectivity index (χ0v) is 19.4. The topological polar surface area (TPSA) is 106 Å². The van der Waals surface area contributed by atoms with Gasteiger partial charge in [-0.3, -0.25) is 4.55 Å². The molecule has 0 bridgehead atoms. The average molecular weight is 470 g/mol. The molecular formula is C25H27NO6S. The highest BCUT2D eigenvalue weighted by atomic mass is 32.3. The predicted octanol–water partition coefficient (Wildman–Crippen LogP) is 5.33. The quantitative estimate of drug-likeness (QED) is 0.223. The second-order valence-corrected chi connectivity index (χ2v) is 8.48. The van der Waals surface area contributed by atoms with Crippen LogP contribution in [0.1, 0.15) is 31.4 Å². The van der Waals surface area contributed by atoms with Gasteiger partial charge in [-0.2, -0.15) is 8.42 Å². The molecule has 0 aliphatic carbocycles. The second-order valence-electron chi connectivity index (χ2n) is 7.46. The molecule has 0 aliphatic rings. The first-order chi connectivity index (χ1) is 15.7. The summed E-state index contributed by atoms with van der Waals surface area (Å²) in [6, 6.07) is 20.0. The Kier molecular flexibility index (Phi) is 8.08. The summed E-state index contributed by atoms with van der Waals surface area (Å²) in [4.78, 5) is 0. The van der Waals surface area contributed by atoms with Crippen LogP contribution in [0.2, 0.25) is 0 Å². The molecule has 174 valence electrons. The Bertz CT molecular complexity index is 1210. The van der Waals surface area contributed by atoms with Crippen molar-refractivity contribution in [2.75, 3.05) is 13.2 Å². The normalized spacial score (nSPS) is 11.1. The minimum Gasteiger partial charge on any atom is -0.490 e. The predicted molar refractivity (Wildman–Crippen MR) is 128 cm³/mol. The minimum atomic E-state index is -4.58. The molecule has 3 aromatic rings. The van der Waals surface area contributed by atoms with Crippen LogP contribution in [-0.4, -0.2) is 31.9 Å². The second kappa shape index (κ2) is 11.0. The smallest absolute Gasteiger partial charge is 0.446 e. The van der Waals surface area contributed by atoms with E-state index in [1.807, 2.05) is 36.4 Å². The number of hydrogen-bond donors (Lipinski definition) is 2. The molecule has 0 amide bonds. The number of ether oxygens (including phenoxy) is 2. The number of hydrogen-bond acceptors (Lipinski definition) is 6. The first kappa shape index (κ1) is 24.3. The summed E-state index contributed by atoms with van der Waals surface area (Å²) in [5.41, 5.74) is 4.72. The highest BCUT2D eigenvalue weighted by molar-refractivity contribution is 7.81. The molecule has 0 radical (unpaired) electrons. The van der Waals surface area contributed by atoms with E-state index in [0.717, 1.165) is 40.8 Å². The summed E-state index contributed by atoms with van der Waals surface area (Å²) in [7, 11) is -4.58. The van der Waals surface area contributed by atoms with E-state index in [4.69, 9.17) is 19.4 Å². The average Bonchev–Trinajstić information content (AvgIpc) is 2.77. The van der Waals surface area contributed by atoms with Gasteiger partial charge in [0.1, 0.15) is 30.5 Å². The maximum Gasteiger partial charge on any atom is 0.446 e. The molecule has 33 heavy (non-hydrogen) atoms. The van der Waals surface area contributed by atoms with Crippen LogP contribution in [0.3, 0.4) is 0 Å². The van der Waals surface area contributed by atoms with Gasteiger partial charge in [0.2, 0.25) is 0 Å². The van der Waals surface area contributed by atoms with E-state index in [1.54, 1.807) is 19.1 Å². The van der Waals surface area contributed by atoms with Crippen LogP contribution in [0.4, 0.5) is 0 Å². The molecule has 7 nitrogen and oxygen atoms in total. The van der Waals surface area contributed by atoms with Crippen molar-refractivity contribution in [2.45, 2.75) is 26.7 Å². The van der Waals surface area contributed by atoms with Crippen molar-refractivity contribution in [3.8, 4) is 28.4 Å². The fourth-order valence-corrected chi connectivity index (χ4v) is 3.67. The Labute approximate surface area is 194 Å². The SMILES string of the molecule is CCCc1cc(-c2ccc(C(C)=N)cc2)ccc1OCCOc1cccc(OS(=O)(=O)O)c1. The molecule has 3 aromatic carbocycles. The number of nitrogens with one attached hydrogen (secondary N) is 1. The first-order valence-electron chi connectivity index (χ1n) is 10.6. The summed E-state index contributed by atoms with van der Waals surface area (Å²) >= 11 is 0. The highest BCUT2D eigenvalue weighted by Crippen LogP contribution is 2.28.